The number of nitrogens with zero attached hydrogens (tertiary/aromatic N) is 2. The number of halogens is 1. The third-order valence-corrected chi connectivity index (χ3v) is 6.68. The van der Waals surface area contributed by atoms with Crippen molar-refractivity contribution in [2.45, 2.75) is 51.1 Å². The molecule has 2 aliphatic heterocycles. The summed E-state index contributed by atoms with van der Waals surface area (Å²) in [5.41, 5.74) is 3.26. The van der Waals surface area contributed by atoms with E-state index in [1.807, 2.05) is 37.1 Å². The first kappa shape index (κ1) is 25.8. The van der Waals surface area contributed by atoms with E-state index in [-0.39, 0.29) is 18.1 Å². The number of hydrogen-bond donors (Lipinski definition) is 2. The van der Waals surface area contributed by atoms with Crippen LogP contribution in [0.3, 0.4) is 0 Å². The average Bonchev–Trinajstić information content (AvgIpc) is 3.45. The van der Waals surface area contributed by atoms with Gasteiger partial charge in [-0.3, -0.25) is 9.89 Å². The maximum Gasteiger partial charge on any atom is 0.407 e. The normalized spacial score (nSPS) is 22.8. The minimum atomic E-state index is -0.912. The van der Waals surface area contributed by atoms with Crippen LogP contribution in [0.15, 0.2) is 39.9 Å². The molecule has 0 radical (unpaired) electrons. The van der Waals surface area contributed by atoms with Crippen LogP contribution in [-0.4, -0.2) is 80.2 Å². The maximum atomic E-state index is 11.9. The van der Waals surface area contributed by atoms with Gasteiger partial charge in [0.25, 0.3) is 0 Å². The van der Waals surface area contributed by atoms with Gasteiger partial charge < -0.3 is 24.6 Å². The highest BCUT2D eigenvalue weighted by Crippen LogP contribution is 2.33. The number of benzene rings is 1. The molecule has 33 heavy (non-hydrogen) atoms. The van der Waals surface area contributed by atoms with Crippen molar-refractivity contribution < 1.29 is 24.1 Å². The summed E-state index contributed by atoms with van der Waals surface area (Å²) in [6, 6.07) is 7.58. The summed E-state index contributed by atoms with van der Waals surface area (Å²) in [5.74, 6) is -0.00446. The Labute approximate surface area is 204 Å². The SMILES string of the molecule is COCCO[C@H]1C[C@@H](C2=NC=C(c3ccc(Br)cc3)C2)N(C(O)[C@@H](NC(=O)OC)C(C)C)C1. The summed E-state index contributed by atoms with van der Waals surface area (Å²) < 4.78 is 16.9. The van der Waals surface area contributed by atoms with Crippen LogP contribution in [-0.2, 0) is 14.2 Å². The lowest BCUT2D eigenvalue weighted by Gasteiger charge is -2.36. The van der Waals surface area contributed by atoms with Gasteiger partial charge in [-0.1, -0.05) is 41.9 Å². The van der Waals surface area contributed by atoms with Crippen LogP contribution in [0.2, 0.25) is 0 Å². The van der Waals surface area contributed by atoms with E-state index in [1.165, 1.54) is 7.11 Å². The number of aliphatic hydroxyl groups is 1. The molecule has 8 nitrogen and oxygen atoms in total. The zero-order valence-electron chi connectivity index (χ0n) is 19.7. The molecule has 2 aliphatic rings. The standard InChI is InChI=1S/C24H34BrN3O5/c1-15(2)22(27-24(30)32-4)23(29)28-14-19(33-10-9-31-3)12-21(28)20-11-17(13-26-20)16-5-7-18(25)8-6-16/h5-8,13,15,19,21-23,29H,9-12,14H2,1-4H3,(H,27,30)/t19-,21-,22-,23?/m0/s1. The lowest BCUT2D eigenvalue weighted by molar-refractivity contribution is -0.0424. The van der Waals surface area contributed by atoms with E-state index in [9.17, 15) is 9.90 Å². The van der Waals surface area contributed by atoms with Gasteiger partial charge in [-0.25, -0.2) is 4.79 Å². The predicted molar refractivity (Wildman–Crippen MR) is 131 cm³/mol. The molecule has 9 heteroatoms. The van der Waals surface area contributed by atoms with E-state index in [2.05, 4.69) is 33.4 Å². The van der Waals surface area contributed by atoms with E-state index in [0.29, 0.717) is 32.6 Å². The molecular formula is C24H34BrN3O5. The fraction of sp³-hybridized carbons (Fsp3) is 0.583. The highest BCUT2D eigenvalue weighted by atomic mass is 79.9. The molecule has 3 rings (SSSR count). The molecule has 2 N–H and O–H groups in total. The van der Waals surface area contributed by atoms with Crippen molar-refractivity contribution in [3.63, 3.8) is 0 Å². The van der Waals surface area contributed by atoms with Crippen LogP contribution in [0.1, 0.15) is 32.3 Å². The largest absolute Gasteiger partial charge is 0.453 e. The van der Waals surface area contributed by atoms with Crippen molar-refractivity contribution >= 4 is 33.3 Å². The number of hydrogen-bond acceptors (Lipinski definition) is 7. The average molecular weight is 524 g/mol. The highest BCUT2D eigenvalue weighted by molar-refractivity contribution is 9.10. The summed E-state index contributed by atoms with van der Waals surface area (Å²) in [6.45, 7) is 5.46. The molecule has 1 aromatic carbocycles. The number of carbonyl (C=O) groups excluding carboxylic acids is 1. The monoisotopic (exact) mass is 523 g/mol. The fourth-order valence-electron chi connectivity index (χ4n) is 4.34. The van der Waals surface area contributed by atoms with Gasteiger partial charge in [0.15, 0.2) is 0 Å². The number of aliphatic hydroxyl groups excluding tert-OH is 1. The van der Waals surface area contributed by atoms with Crippen molar-refractivity contribution in [2.24, 2.45) is 10.9 Å². The van der Waals surface area contributed by atoms with E-state index in [1.54, 1.807) is 7.11 Å². The molecular weight excluding hydrogens is 490 g/mol. The number of carbonyl (C=O) groups is 1. The molecule has 0 aliphatic carbocycles. The van der Waals surface area contributed by atoms with Crippen LogP contribution in [0, 0.1) is 5.92 Å². The molecule has 1 aromatic rings. The molecule has 0 bridgehead atoms. The Balaban J connectivity index is 1.76. The van der Waals surface area contributed by atoms with E-state index in [0.717, 1.165) is 21.3 Å². The molecule has 1 fully saturated rings. The molecule has 2 heterocycles. The molecule has 0 saturated carbocycles. The maximum absolute atomic E-state index is 11.9. The quantitative estimate of drug-likeness (QED) is 0.456. The van der Waals surface area contributed by atoms with E-state index < -0.39 is 18.4 Å². The molecule has 1 amide bonds. The van der Waals surface area contributed by atoms with Crippen LogP contribution >= 0.6 is 15.9 Å². The summed E-state index contributed by atoms with van der Waals surface area (Å²) in [6.07, 6.45) is 1.79. The van der Waals surface area contributed by atoms with Gasteiger partial charge in [0, 0.05) is 36.5 Å². The zero-order chi connectivity index (χ0) is 24.0. The molecule has 4 atom stereocenters. The number of amides is 1. The van der Waals surface area contributed by atoms with Gasteiger partial charge in [-0.05, 0) is 35.6 Å². The Morgan fingerprint density at radius 2 is 2.00 bits per heavy atom. The predicted octanol–water partition coefficient (Wildman–Crippen LogP) is 3.44. The second-order valence-electron chi connectivity index (χ2n) is 8.71. The highest BCUT2D eigenvalue weighted by Gasteiger charge is 2.43. The number of allylic oxidation sites excluding steroid dienone is 1. The van der Waals surface area contributed by atoms with E-state index in [4.69, 9.17) is 19.2 Å². The van der Waals surface area contributed by atoms with Crippen LogP contribution in [0.4, 0.5) is 4.79 Å². The minimum absolute atomic E-state index is 0.00446. The summed E-state index contributed by atoms with van der Waals surface area (Å²) in [5, 5.41) is 14.1. The van der Waals surface area contributed by atoms with Crippen LogP contribution in [0.5, 0.6) is 0 Å². The number of ether oxygens (including phenoxy) is 3. The molecule has 1 unspecified atom stereocenters. The smallest absolute Gasteiger partial charge is 0.407 e. The first-order chi connectivity index (χ1) is 15.8. The van der Waals surface area contributed by atoms with Crippen LogP contribution in [0.25, 0.3) is 5.57 Å². The molecule has 1 saturated heterocycles. The third-order valence-electron chi connectivity index (χ3n) is 6.15. The Kier molecular flexibility index (Phi) is 9.46. The number of rotatable bonds is 10. The number of likely N-dealkylation sites (tertiary alicyclic amines) is 1. The Morgan fingerprint density at radius 3 is 2.64 bits per heavy atom. The summed E-state index contributed by atoms with van der Waals surface area (Å²) in [7, 11) is 2.96. The topological polar surface area (TPSA) is 92.6 Å². The van der Waals surface area contributed by atoms with Gasteiger partial charge in [-0.15, -0.1) is 0 Å². The van der Waals surface area contributed by atoms with Crippen molar-refractivity contribution in [1.29, 1.82) is 0 Å². The minimum Gasteiger partial charge on any atom is -0.453 e. The number of methoxy groups -OCH3 is 2. The van der Waals surface area contributed by atoms with Gasteiger partial charge in [-0.2, -0.15) is 0 Å². The van der Waals surface area contributed by atoms with Crippen molar-refractivity contribution in [1.82, 2.24) is 10.2 Å². The van der Waals surface area contributed by atoms with E-state index >= 15 is 0 Å². The second kappa shape index (κ2) is 12.1. The Morgan fingerprint density at radius 1 is 1.27 bits per heavy atom. The van der Waals surface area contributed by atoms with Gasteiger partial charge in [0.05, 0.1) is 38.5 Å². The molecule has 0 aromatic heterocycles. The van der Waals surface area contributed by atoms with Gasteiger partial charge >= 0.3 is 6.09 Å². The Hall–Kier alpha value is -1.78. The fourth-order valence-corrected chi connectivity index (χ4v) is 4.60. The molecule has 0 spiro atoms. The van der Waals surface area contributed by atoms with Crippen molar-refractivity contribution in [3.05, 3.63) is 40.5 Å². The lowest BCUT2D eigenvalue weighted by Crippen LogP contribution is -2.56. The first-order valence-corrected chi connectivity index (χ1v) is 12.0. The first-order valence-electron chi connectivity index (χ1n) is 11.2. The third kappa shape index (κ3) is 6.64. The number of aliphatic imine (C=N–C) groups is 1. The second-order valence-corrected chi connectivity index (χ2v) is 9.63. The lowest BCUT2D eigenvalue weighted by atomic mass is 9.97. The zero-order valence-corrected chi connectivity index (χ0v) is 21.2. The number of alkyl carbamates (subject to hydrolysis) is 1. The Bertz CT molecular complexity index is 858. The summed E-state index contributed by atoms with van der Waals surface area (Å²) in [4.78, 5) is 18.6. The van der Waals surface area contributed by atoms with Gasteiger partial charge in [0.1, 0.15) is 6.23 Å². The molecule has 182 valence electrons. The van der Waals surface area contributed by atoms with Crippen molar-refractivity contribution in [3.8, 4) is 0 Å². The van der Waals surface area contributed by atoms with Crippen LogP contribution < -0.4 is 5.32 Å². The van der Waals surface area contributed by atoms with Crippen molar-refractivity contribution in [2.75, 3.05) is 34.0 Å². The van der Waals surface area contributed by atoms with Gasteiger partial charge in [0.2, 0.25) is 0 Å². The summed E-state index contributed by atoms with van der Waals surface area (Å²) >= 11 is 3.48. The number of nitrogens with one attached hydrogen (secondary N) is 1.